The maximum absolute atomic E-state index is 12.4. The first-order chi connectivity index (χ1) is 11.2. The number of hydrogen-bond donors (Lipinski definition) is 1. The molecule has 3 aromatic rings. The second-order valence-corrected chi connectivity index (χ2v) is 5.17. The van der Waals surface area contributed by atoms with E-state index in [1.807, 2.05) is 18.2 Å². The van der Waals surface area contributed by atoms with Crippen LogP contribution >= 0.6 is 11.6 Å². The van der Waals surface area contributed by atoms with Crippen molar-refractivity contribution in [3.63, 3.8) is 0 Å². The third-order valence-electron chi connectivity index (χ3n) is 3.22. The van der Waals surface area contributed by atoms with Crippen LogP contribution in [-0.4, -0.2) is 15.7 Å². The van der Waals surface area contributed by atoms with Gasteiger partial charge >= 0.3 is 0 Å². The Bertz CT molecular complexity index is 897. The summed E-state index contributed by atoms with van der Waals surface area (Å²) in [6.07, 6.45) is 3.48. The highest BCUT2D eigenvalue weighted by molar-refractivity contribution is 6.32. The second-order valence-electron chi connectivity index (χ2n) is 4.76. The van der Waals surface area contributed by atoms with Crippen molar-refractivity contribution in [3.05, 3.63) is 77.1 Å². The molecule has 2 aromatic carbocycles. The van der Waals surface area contributed by atoms with Crippen LogP contribution in [0.5, 0.6) is 0 Å². The molecule has 0 aliphatic rings. The highest BCUT2D eigenvalue weighted by Gasteiger charge is 2.09. The fourth-order valence-electron chi connectivity index (χ4n) is 2.10. The fraction of sp³-hybridized carbons (Fsp3) is 0. The summed E-state index contributed by atoms with van der Waals surface area (Å²) in [6.45, 7) is 0. The van der Waals surface area contributed by atoms with Gasteiger partial charge in [0, 0.05) is 23.6 Å². The zero-order chi connectivity index (χ0) is 16.2. The van der Waals surface area contributed by atoms with E-state index < -0.39 is 0 Å². The molecule has 0 aliphatic carbocycles. The Kier molecular flexibility index (Phi) is 4.09. The van der Waals surface area contributed by atoms with Gasteiger partial charge in [-0.1, -0.05) is 17.7 Å². The van der Waals surface area contributed by atoms with Gasteiger partial charge in [-0.25, -0.2) is 4.68 Å². The zero-order valence-corrected chi connectivity index (χ0v) is 12.7. The van der Waals surface area contributed by atoms with E-state index in [9.17, 15) is 4.79 Å². The number of halogens is 1. The summed E-state index contributed by atoms with van der Waals surface area (Å²) in [4.78, 5) is 12.4. The van der Waals surface area contributed by atoms with Crippen molar-refractivity contribution in [1.82, 2.24) is 9.78 Å². The zero-order valence-electron chi connectivity index (χ0n) is 11.9. The Balaban J connectivity index is 1.83. The van der Waals surface area contributed by atoms with E-state index in [4.69, 9.17) is 16.9 Å². The smallest absolute Gasteiger partial charge is 0.255 e. The molecule has 0 unspecified atom stereocenters. The Morgan fingerprint density at radius 1 is 1.22 bits per heavy atom. The number of aromatic nitrogens is 2. The van der Waals surface area contributed by atoms with Crippen molar-refractivity contribution in [2.24, 2.45) is 0 Å². The van der Waals surface area contributed by atoms with E-state index in [-0.39, 0.29) is 5.91 Å². The van der Waals surface area contributed by atoms with Crippen LogP contribution in [-0.2, 0) is 0 Å². The molecule has 1 aromatic heterocycles. The minimum atomic E-state index is -0.264. The van der Waals surface area contributed by atoms with Gasteiger partial charge in [0.2, 0.25) is 0 Å². The van der Waals surface area contributed by atoms with E-state index in [2.05, 4.69) is 10.4 Å². The molecule has 0 spiro atoms. The maximum atomic E-state index is 12.4. The number of carbonyl (C=O) groups excluding carboxylic acids is 1. The van der Waals surface area contributed by atoms with E-state index in [1.165, 1.54) is 0 Å². The number of nitriles is 1. The predicted octanol–water partition coefficient (Wildman–Crippen LogP) is 3.65. The lowest BCUT2D eigenvalue weighted by atomic mass is 10.1. The lowest BCUT2D eigenvalue weighted by Gasteiger charge is -2.08. The van der Waals surface area contributed by atoms with Crippen LogP contribution in [0.15, 0.2) is 60.9 Å². The molecule has 1 amide bonds. The number of nitrogens with zero attached hydrogens (tertiary/aromatic N) is 3. The van der Waals surface area contributed by atoms with Crippen LogP contribution in [0.2, 0.25) is 5.02 Å². The number of benzene rings is 2. The van der Waals surface area contributed by atoms with Crippen molar-refractivity contribution in [2.75, 3.05) is 5.32 Å². The van der Waals surface area contributed by atoms with Crippen LogP contribution in [0.4, 0.5) is 5.69 Å². The lowest BCUT2D eigenvalue weighted by Crippen LogP contribution is -2.12. The first kappa shape index (κ1) is 14.8. The predicted molar refractivity (Wildman–Crippen MR) is 87.7 cm³/mol. The van der Waals surface area contributed by atoms with Crippen molar-refractivity contribution in [3.8, 4) is 11.8 Å². The molecule has 112 valence electrons. The minimum absolute atomic E-state index is 0.264. The largest absolute Gasteiger partial charge is 0.322 e. The van der Waals surface area contributed by atoms with E-state index in [0.29, 0.717) is 21.8 Å². The van der Waals surface area contributed by atoms with Gasteiger partial charge in [-0.3, -0.25) is 4.79 Å². The average molecular weight is 323 g/mol. The number of nitrogens with one attached hydrogen (secondary N) is 1. The number of carbonyl (C=O) groups is 1. The van der Waals surface area contributed by atoms with Gasteiger partial charge < -0.3 is 5.32 Å². The van der Waals surface area contributed by atoms with Gasteiger partial charge in [0.15, 0.2) is 0 Å². The molecular formula is C17H11ClN4O. The van der Waals surface area contributed by atoms with Crippen LogP contribution in [0.3, 0.4) is 0 Å². The maximum Gasteiger partial charge on any atom is 0.255 e. The van der Waals surface area contributed by atoms with Gasteiger partial charge in [-0.2, -0.15) is 10.4 Å². The Morgan fingerprint density at radius 3 is 2.78 bits per heavy atom. The van der Waals surface area contributed by atoms with Gasteiger partial charge in [-0.05, 0) is 42.5 Å². The quantitative estimate of drug-likeness (QED) is 0.800. The number of rotatable bonds is 3. The van der Waals surface area contributed by atoms with Crippen molar-refractivity contribution >= 4 is 23.2 Å². The fourth-order valence-corrected chi connectivity index (χ4v) is 2.32. The van der Waals surface area contributed by atoms with Crippen LogP contribution in [0.25, 0.3) is 5.69 Å². The average Bonchev–Trinajstić information content (AvgIpc) is 3.10. The van der Waals surface area contributed by atoms with Gasteiger partial charge in [0.1, 0.15) is 6.07 Å². The Morgan fingerprint density at radius 2 is 2.09 bits per heavy atom. The molecular weight excluding hydrogens is 312 g/mol. The van der Waals surface area contributed by atoms with Gasteiger partial charge in [0.25, 0.3) is 5.91 Å². The third-order valence-corrected chi connectivity index (χ3v) is 3.54. The Labute approximate surface area is 137 Å². The van der Waals surface area contributed by atoms with Gasteiger partial charge in [-0.15, -0.1) is 0 Å². The molecule has 0 radical (unpaired) electrons. The van der Waals surface area contributed by atoms with E-state index in [0.717, 1.165) is 5.69 Å². The first-order valence-corrected chi connectivity index (χ1v) is 7.16. The summed E-state index contributed by atoms with van der Waals surface area (Å²) in [6, 6.07) is 15.7. The number of hydrogen-bond acceptors (Lipinski definition) is 3. The highest BCUT2D eigenvalue weighted by Crippen LogP contribution is 2.21. The summed E-state index contributed by atoms with van der Waals surface area (Å²) in [5, 5.41) is 16.1. The molecule has 1 heterocycles. The molecule has 1 N–H and O–H groups in total. The molecule has 0 saturated heterocycles. The number of amides is 1. The standard InChI is InChI=1S/C17H11ClN4O/c18-16-10-14(6-5-13(16)11-19)21-17(23)12-3-1-4-15(9-12)22-8-2-7-20-22/h1-10H,(H,21,23). The molecule has 6 heteroatoms. The van der Waals surface area contributed by atoms with E-state index >= 15 is 0 Å². The topological polar surface area (TPSA) is 70.7 Å². The van der Waals surface area contributed by atoms with Crippen molar-refractivity contribution < 1.29 is 4.79 Å². The summed E-state index contributed by atoms with van der Waals surface area (Å²) < 4.78 is 1.68. The third kappa shape index (κ3) is 3.23. The van der Waals surface area contributed by atoms with Crippen LogP contribution in [0.1, 0.15) is 15.9 Å². The molecule has 23 heavy (non-hydrogen) atoms. The molecule has 0 fully saturated rings. The summed E-state index contributed by atoms with van der Waals surface area (Å²) in [5.74, 6) is -0.264. The lowest BCUT2D eigenvalue weighted by molar-refractivity contribution is 0.102. The first-order valence-electron chi connectivity index (χ1n) is 6.78. The summed E-state index contributed by atoms with van der Waals surface area (Å²) in [5.41, 5.74) is 2.19. The molecule has 3 rings (SSSR count). The summed E-state index contributed by atoms with van der Waals surface area (Å²) >= 11 is 5.97. The Hall–Kier alpha value is -3.10. The molecule has 0 bridgehead atoms. The SMILES string of the molecule is N#Cc1ccc(NC(=O)c2cccc(-n3cccn3)c2)cc1Cl. The summed E-state index contributed by atoms with van der Waals surface area (Å²) in [7, 11) is 0. The second kappa shape index (κ2) is 6.34. The molecule has 0 atom stereocenters. The molecule has 5 nitrogen and oxygen atoms in total. The highest BCUT2D eigenvalue weighted by atomic mass is 35.5. The monoisotopic (exact) mass is 322 g/mol. The molecule has 0 saturated carbocycles. The normalized spacial score (nSPS) is 10.1. The van der Waals surface area contributed by atoms with E-state index in [1.54, 1.807) is 53.5 Å². The van der Waals surface area contributed by atoms with Crippen LogP contribution < -0.4 is 5.32 Å². The van der Waals surface area contributed by atoms with Gasteiger partial charge in [0.05, 0.1) is 16.3 Å². The molecule has 0 aliphatic heterocycles. The van der Waals surface area contributed by atoms with Crippen molar-refractivity contribution in [2.45, 2.75) is 0 Å². The minimum Gasteiger partial charge on any atom is -0.322 e. The van der Waals surface area contributed by atoms with Crippen molar-refractivity contribution in [1.29, 1.82) is 5.26 Å². The number of anilines is 1. The van der Waals surface area contributed by atoms with Crippen LogP contribution in [0, 0.1) is 11.3 Å².